The summed E-state index contributed by atoms with van der Waals surface area (Å²) in [4.78, 5) is 4.33. The van der Waals surface area contributed by atoms with Crippen molar-refractivity contribution in [1.29, 1.82) is 0 Å². The first kappa shape index (κ1) is 15.2. The second-order valence-electron chi connectivity index (χ2n) is 4.63. The summed E-state index contributed by atoms with van der Waals surface area (Å²) >= 11 is 8.79. The van der Waals surface area contributed by atoms with Crippen LogP contribution in [0.15, 0.2) is 16.6 Å². The lowest BCUT2D eigenvalue weighted by molar-refractivity contribution is 0.130. The van der Waals surface area contributed by atoms with Crippen LogP contribution in [0.1, 0.15) is 5.56 Å². The Morgan fingerprint density at radius 1 is 1.11 bits per heavy atom. The highest BCUT2D eigenvalue weighted by molar-refractivity contribution is 9.10. The van der Waals surface area contributed by atoms with Gasteiger partial charge in [-0.15, -0.1) is 11.6 Å². The van der Waals surface area contributed by atoms with Crippen molar-refractivity contribution in [3.05, 3.63) is 33.8 Å². The Hall–Kier alpha value is -0.230. The van der Waals surface area contributed by atoms with Gasteiger partial charge < -0.3 is 0 Å². The van der Waals surface area contributed by atoms with E-state index in [0.717, 1.165) is 32.7 Å². The first-order valence-corrected chi connectivity index (χ1v) is 7.57. The number of hydrogen-bond donors (Lipinski definition) is 0. The molecule has 0 saturated carbocycles. The van der Waals surface area contributed by atoms with E-state index in [1.807, 2.05) is 0 Å². The Morgan fingerprint density at radius 2 is 1.74 bits per heavy atom. The van der Waals surface area contributed by atoms with Crippen molar-refractivity contribution in [1.82, 2.24) is 9.80 Å². The molecule has 1 saturated heterocycles. The topological polar surface area (TPSA) is 6.48 Å². The molecule has 19 heavy (non-hydrogen) atoms. The van der Waals surface area contributed by atoms with E-state index in [1.54, 1.807) is 0 Å². The zero-order valence-corrected chi connectivity index (χ0v) is 12.9. The maximum absolute atomic E-state index is 13.9. The highest BCUT2D eigenvalue weighted by Gasteiger charge is 2.20. The molecule has 2 nitrogen and oxygen atoms in total. The van der Waals surface area contributed by atoms with Crippen molar-refractivity contribution < 1.29 is 8.78 Å². The van der Waals surface area contributed by atoms with Crippen LogP contribution in [0.3, 0.4) is 0 Å². The van der Waals surface area contributed by atoms with Gasteiger partial charge in [-0.2, -0.15) is 0 Å². The third-order valence-corrected chi connectivity index (χ3v) is 4.17. The molecule has 6 heteroatoms. The van der Waals surface area contributed by atoms with Crippen LogP contribution in [0.2, 0.25) is 0 Å². The van der Waals surface area contributed by atoms with E-state index < -0.39 is 11.6 Å². The average Bonchev–Trinajstić information content (AvgIpc) is 2.41. The van der Waals surface area contributed by atoms with Crippen LogP contribution in [-0.2, 0) is 6.54 Å². The summed E-state index contributed by atoms with van der Waals surface area (Å²) < 4.78 is 27.9. The van der Waals surface area contributed by atoms with Crippen molar-refractivity contribution in [2.24, 2.45) is 0 Å². The fourth-order valence-electron chi connectivity index (χ4n) is 2.23. The fraction of sp³-hybridized carbons (Fsp3) is 0.538. The Labute approximate surface area is 125 Å². The fourth-order valence-corrected chi connectivity index (χ4v) is 2.84. The van der Waals surface area contributed by atoms with Crippen LogP contribution >= 0.6 is 27.5 Å². The van der Waals surface area contributed by atoms with Crippen LogP contribution in [-0.4, -0.2) is 48.4 Å². The zero-order valence-electron chi connectivity index (χ0n) is 10.5. The van der Waals surface area contributed by atoms with E-state index in [-0.39, 0.29) is 5.56 Å². The maximum atomic E-state index is 13.9. The summed E-state index contributed by atoms with van der Waals surface area (Å²) in [6.07, 6.45) is 0. The van der Waals surface area contributed by atoms with Gasteiger partial charge in [-0.1, -0.05) is 0 Å². The molecular weight excluding hydrogens is 338 g/mol. The standard InChI is InChI=1S/C13H16BrClF2N2/c14-11-1-2-12(16)10(13(11)17)9-19-7-5-18(4-3-15)6-8-19/h1-2H,3-9H2. The number of piperazine rings is 1. The van der Waals surface area contributed by atoms with Gasteiger partial charge in [-0.3, -0.25) is 9.80 Å². The van der Waals surface area contributed by atoms with Crippen LogP contribution in [0.5, 0.6) is 0 Å². The molecule has 0 bridgehead atoms. The molecule has 1 aromatic carbocycles. The van der Waals surface area contributed by atoms with Crippen molar-refractivity contribution in [2.75, 3.05) is 38.6 Å². The molecule has 0 spiro atoms. The van der Waals surface area contributed by atoms with E-state index in [1.165, 1.54) is 12.1 Å². The van der Waals surface area contributed by atoms with Crippen LogP contribution in [0, 0.1) is 11.6 Å². The van der Waals surface area contributed by atoms with Crippen LogP contribution in [0.25, 0.3) is 0 Å². The van der Waals surface area contributed by atoms with Gasteiger partial charge >= 0.3 is 0 Å². The molecule has 1 aliphatic heterocycles. The van der Waals surface area contributed by atoms with Gasteiger partial charge in [-0.05, 0) is 28.1 Å². The van der Waals surface area contributed by atoms with Crippen molar-refractivity contribution in [2.45, 2.75) is 6.54 Å². The molecule has 1 aromatic rings. The maximum Gasteiger partial charge on any atom is 0.144 e. The summed E-state index contributed by atoms with van der Waals surface area (Å²) in [5.41, 5.74) is 0.139. The van der Waals surface area contributed by atoms with E-state index >= 15 is 0 Å². The zero-order chi connectivity index (χ0) is 13.8. The number of hydrogen-bond acceptors (Lipinski definition) is 2. The summed E-state index contributed by atoms with van der Waals surface area (Å²) in [5.74, 6) is -0.360. The van der Waals surface area contributed by atoms with E-state index in [4.69, 9.17) is 11.6 Å². The normalized spacial score (nSPS) is 17.9. The molecule has 0 atom stereocenters. The van der Waals surface area contributed by atoms with Crippen molar-refractivity contribution >= 4 is 27.5 Å². The smallest absolute Gasteiger partial charge is 0.144 e. The molecule has 0 unspecified atom stereocenters. The number of halogens is 4. The molecule has 1 heterocycles. The van der Waals surface area contributed by atoms with Crippen molar-refractivity contribution in [3.63, 3.8) is 0 Å². The predicted octanol–water partition coefficient (Wildman–Crippen LogP) is 3.08. The van der Waals surface area contributed by atoms with Gasteiger partial charge in [0, 0.05) is 50.7 Å². The first-order chi connectivity index (χ1) is 9.11. The minimum atomic E-state index is -0.497. The number of nitrogens with zero attached hydrogens (tertiary/aromatic N) is 2. The van der Waals surface area contributed by atoms with E-state index in [2.05, 4.69) is 25.7 Å². The minimum Gasteiger partial charge on any atom is -0.300 e. The lowest BCUT2D eigenvalue weighted by Crippen LogP contribution is -2.46. The van der Waals surface area contributed by atoms with Gasteiger partial charge in [-0.25, -0.2) is 8.78 Å². The molecule has 0 amide bonds. The number of rotatable bonds is 4. The van der Waals surface area contributed by atoms with Gasteiger partial charge in [0.05, 0.1) is 4.47 Å². The highest BCUT2D eigenvalue weighted by Crippen LogP contribution is 2.23. The molecule has 0 N–H and O–H groups in total. The molecule has 1 aliphatic rings. The van der Waals surface area contributed by atoms with Crippen LogP contribution < -0.4 is 0 Å². The Bertz CT molecular complexity index is 437. The minimum absolute atomic E-state index is 0.139. The van der Waals surface area contributed by atoms with Gasteiger partial charge in [0.1, 0.15) is 11.6 Å². The molecule has 0 radical (unpaired) electrons. The lowest BCUT2D eigenvalue weighted by Gasteiger charge is -2.34. The van der Waals surface area contributed by atoms with E-state index in [9.17, 15) is 8.78 Å². The lowest BCUT2D eigenvalue weighted by atomic mass is 10.1. The van der Waals surface area contributed by atoms with Crippen LogP contribution in [0.4, 0.5) is 8.78 Å². The van der Waals surface area contributed by atoms with Gasteiger partial charge in [0.2, 0.25) is 0 Å². The molecule has 1 fully saturated rings. The summed E-state index contributed by atoms with van der Waals surface area (Å²) in [6, 6.07) is 2.69. The monoisotopic (exact) mass is 352 g/mol. The molecule has 0 aromatic heterocycles. The Kier molecular flexibility index (Phi) is 5.57. The number of alkyl halides is 1. The third kappa shape index (κ3) is 3.88. The Morgan fingerprint density at radius 3 is 2.37 bits per heavy atom. The molecule has 2 rings (SSSR count). The summed E-state index contributed by atoms with van der Waals surface area (Å²) in [5, 5.41) is 0. The third-order valence-electron chi connectivity index (χ3n) is 3.39. The van der Waals surface area contributed by atoms with Gasteiger partial charge in [0.15, 0.2) is 0 Å². The largest absolute Gasteiger partial charge is 0.300 e. The molecule has 106 valence electrons. The predicted molar refractivity (Wildman–Crippen MR) is 76.5 cm³/mol. The molecular formula is C13H16BrClF2N2. The average molecular weight is 354 g/mol. The SMILES string of the molecule is Fc1ccc(Br)c(F)c1CN1CCN(CCCl)CC1. The second-order valence-corrected chi connectivity index (χ2v) is 5.86. The second kappa shape index (κ2) is 6.97. The van der Waals surface area contributed by atoms with Gasteiger partial charge in [0.25, 0.3) is 0 Å². The quantitative estimate of drug-likeness (QED) is 0.606. The van der Waals surface area contributed by atoms with E-state index in [0.29, 0.717) is 16.9 Å². The molecule has 0 aliphatic carbocycles. The first-order valence-electron chi connectivity index (χ1n) is 6.25. The summed E-state index contributed by atoms with van der Waals surface area (Å²) in [7, 11) is 0. The Balaban J connectivity index is 1.98. The highest BCUT2D eigenvalue weighted by atomic mass is 79.9. The summed E-state index contributed by atoms with van der Waals surface area (Å²) in [6.45, 7) is 4.58. The van der Waals surface area contributed by atoms with Crippen molar-refractivity contribution in [3.8, 4) is 0 Å². The number of benzene rings is 1.